The van der Waals surface area contributed by atoms with Gasteiger partial charge >= 0.3 is 6.09 Å². The summed E-state index contributed by atoms with van der Waals surface area (Å²) in [6, 6.07) is 0.233. The second kappa shape index (κ2) is 11.1. The molecule has 2 aliphatic rings. The van der Waals surface area contributed by atoms with Gasteiger partial charge in [-0.1, -0.05) is 23.2 Å². The fourth-order valence-corrected chi connectivity index (χ4v) is 4.72. The fraction of sp³-hybridized carbons (Fsp3) is 0.773. The largest absolute Gasteiger partial charge is 0.444 e. The zero-order valence-corrected chi connectivity index (χ0v) is 21.1. The second-order valence-electron chi connectivity index (χ2n) is 9.71. The molecule has 0 bridgehead atoms. The molecule has 2 N–H and O–H groups in total. The van der Waals surface area contributed by atoms with Gasteiger partial charge in [0, 0.05) is 39.3 Å². The maximum atomic E-state index is 12.0. The number of nitrogens with zero attached hydrogens (tertiary/aromatic N) is 4. The molecule has 1 aliphatic heterocycles. The number of anilines is 2. The summed E-state index contributed by atoms with van der Waals surface area (Å²) >= 11 is 12.5. The number of halogens is 2. The average Bonchev–Trinajstić information content (AvgIpc) is 2.74. The van der Waals surface area contributed by atoms with Gasteiger partial charge in [-0.3, -0.25) is 4.90 Å². The van der Waals surface area contributed by atoms with Crippen molar-refractivity contribution in [1.29, 1.82) is 0 Å². The Balaban J connectivity index is 1.37. The van der Waals surface area contributed by atoms with Crippen LogP contribution in [0, 0.1) is 5.92 Å². The first-order valence-electron chi connectivity index (χ1n) is 11.5. The van der Waals surface area contributed by atoms with E-state index in [0.29, 0.717) is 16.8 Å². The Morgan fingerprint density at radius 2 is 1.75 bits per heavy atom. The molecule has 2 fully saturated rings. The third kappa shape index (κ3) is 7.25. The highest BCUT2D eigenvalue weighted by Crippen LogP contribution is 2.32. The van der Waals surface area contributed by atoms with Crippen molar-refractivity contribution in [2.24, 2.45) is 5.92 Å². The smallest absolute Gasteiger partial charge is 0.407 e. The van der Waals surface area contributed by atoms with E-state index in [1.54, 1.807) is 7.05 Å². The lowest BCUT2D eigenvalue weighted by molar-refractivity contribution is 0.0486. The number of amides is 1. The van der Waals surface area contributed by atoms with Gasteiger partial charge in [-0.25, -0.2) is 4.79 Å². The predicted molar refractivity (Wildman–Crippen MR) is 130 cm³/mol. The summed E-state index contributed by atoms with van der Waals surface area (Å²) in [6.45, 7) is 10.4. The molecule has 10 heteroatoms. The van der Waals surface area contributed by atoms with Crippen molar-refractivity contribution < 1.29 is 9.53 Å². The Hall–Kier alpha value is -1.51. The summed E-state index contributed by atoms with van der Waals surface area (Å²) in [5.74, 6) is 1.90. The number of hydrogen-bond acceptors (Lipinski definition) is 7. The molecule has 1 aliphatic carbocycles. The molecule has 0 spiro atoms. The minimum atomic E-state index is -0.453. The Kier molecular flexibility index (Phi) is 8.69. The van der Waals surface area contributed by atoms with Gasteiger partial charge in [-0.15, -0.1) is 0 Å². The molecular formula is C22H36Cl2N6O2. The van der Waals surface area contributed by atoms with Crippen LogP contribution in [0.5, 0.6) is 0 Å². The van der Waals surface area contributed by atoms with E-state index in [1.807, 2.05) is 20.8 Å². The molecule has 0 aromatic carbocycles. The van der Waals surface area contributed by atoms with E-state index in [4.69, 9.17) is 27.9 Å². The minimum absolute atomic E-state index is 0.233. The molecule has 0 atom stereocenters. The Morgan fingerprint density at radius 1 is 1.09 bits per heavy atom. The van der Waals surface area contributed by atoms with Crippen molar-refractivity contribution in [3.8, 4) is 0 Å². The van der Waals surface area contributed by atoms with Crippen LogP contribution in [0.25, 0.3) is 0 Å². The molecule has 2 heterocycles. The molecule has 180 valence electrons. The van der Waals surface area contributed by atoms with E-state index in [2.05, 4.69) is 30.4 Å². The first-order valence-corrected chi connectivity index (χ1v) is 12.3. The number of hydrogen-bond donors (Lipinski definition) is 2. The van der Waals surface area contributed by atoms with Crippen molar-refractivity contribution in [1.82, 2.24) is 20.2 Å². The van der Waals surface area contributed by atoms with Gasteiger partial charge in [0.05, 0.1) is 0 Å². The molecule has 3 rings (SSSR count). The molecular weight excluding hydrogens is 451 g/mol. The van der Waals surface area contributed by atoms with E-state index in [9.17, 15) is 4.79 Å². The number of alkyl carbamates (subject to hydrolysis) is 1. The van der Waals surface area contributed by atoms with E-state index in [0.717, 1.165) is 64.3 Å². The Bertz CT molecular complexity index is 772. The van der Waals surface area contributed by atoms with Crippen LogP contribution in [0.1, 0.15) is 52.9 Å². The Labute approximate surface area is 201 Å². The molecule has 1 aromatic heterocycles. The van der Waals surface area contributed by atoms with Crippen molar-refractivity contribution in [3.63, 3.8) is 0 Å². The van der Waals surface area contributed by atoms with Gasteiger partial charge < -0.3 is 20.3 Å². The second-order valence-corrected chi connectivity index (χ2v) is 10.4. The van der Waals surface area contributed by atoms with Crippen LogP contribution in [0.15, 0.2) is 0 Å². The lowest BCUT2D eigenvalue weighted by Crippen LogP contribution is -2.47. The molecule has 1 aromatic rings. The molecule has 0 radical (unpaired) electrons. The van der Waals surface area contributed by atoms with Crippen molar-refractivity contribution >= 4 is 41.1 Å². The Morgan fingerprint density at radius 3 is 2.34 bits per heavy atom. The molecule has 1 saturated carbocycles. The maximum absolute atomic E-state index is 12.0. The number of ether oxygens (including phenoxy) is 1. The first-order chi connectivity index (χ1) is 15.1. The zero-order chi connectivity index (χ0) is 23.3. The van der Waals surface area contributed by atoms with Gasteiger partial charge in [-0.2, -0.15) is 9.97 Å². The standard InChI is InChI=1S/C22H36Cl2N6O2/c1-22(2,3)32-21(31)26-16-7-5-15(6-8-16)9-10-29-11-13-30(14-12-29)19-17(23)18(24)27-20(25-4)28-19/h15-16H,5-14H2,1-4H3,(H,26,31)(H,25,27,28)/t15-,16-. The first kappa shape index (κ1) is 25.1. The minimum Gasteiger partial charge on any atom is -0.444 e. The molecule has 1 amide bonds. The van der Waals surface area contributed by atoms with Crippen LogP contribution in [0.4, 0.5) is 16.6 Å². The van der Waals surface area contributed by atoms with Gasteiger partial charge in [0.15, 0.2) is 11.0 Å². The summed E-state index contributed by atoms with van der Waals surface area (Å²) in [4.78, 5) is 25.3. The van der Waals surface area contributed by atoms with Crippen molar-refractivity contribution in [2.75, 3.05) is 50.0 Å². The highest BCUT2D eigenvalue weighted by molar-refractivity contribution is 6.42. The molecule has 32 heavy (non-hydrogen) atoms. The summed E-state index contributed by atoms with van der Waals surface area (Å²) in [6.07, 6.45) is 5.26. The van der Waals surface area contributed by atoms with Gasteiger partial charge in [0.2, 0.25) is 5.95 Å². The third-order valence-electron chi connectivity index (χ3n) is 6.11. The number of aromatic nitrogens is 2. The van der Waals surface area contributed by atoms with Gasteiger partial charge in [0.25, 0.3) is 0 Å². The summed E-state index contributed by atoms with van der Waals surface area (Å²) in [7, 11) is 1.77. The highest BCUT2D eigenvalue weighted by Gasteiger charge is 2.26. The molecule has 1 saturated heterocycles. The van der Waals surface area contributed by atoms with Crippen LogP contribution in [-0.4, -0.2) is 72.4 Å². The highest BCUT2D eigenvalue weighted by atomic mass is 35.5. The topological polar surface area (TPSA) is 82.6 Å². The van der Waals surface area contributed by atoms with E-state index < -0.39 is 5.60 Å². The summed E-state index contributed by atoms with van der Waals surface area (Å²) in [5.41, 5.74) is -0.453. The van der Waals surface area contributed by atoms with Crippen LogP contribution in [0.2, 0.25) is 10.2 Å². The maximum Gasteiger partial charge on any atom is 0.407 e. The number of carbonyl (C=O) groups excluding carboxylic acids is 1. The third-order valence-corrected chi connectivity index (χ3v) is 6.83. The quantitative estimate of drug-likeness (QED) is 0.575. The summed E-state index contributed by atoms with van der Waals surface area (Å²) < 4.78 is 5.37. The van der Waals surface area contributed by atoms with Crippen molar-refractivity contribution in [2.45, 2.75) is 64.5 Å². The van der Waals surface area contributed by atoms with Crippen molar-refractivity contribution in [3.05, 3.63) is 10.2 Å². The SMILES string of the molecule is CNc1nc(Cl)c(Cl)c(N2CCN(CC[C@H]3CC[C@H](NC(=O)OC(C)(C)C)CC3)CC2)n1. The lowest BCUT2D eigenvalue weighted by atomic mass is 9.84. The van der Waals surface area contributed by atoms with Crippen LogP contribution in [-0.2, 0) is 4.74 Å². The summed E-state index contributed by atoms with van der Waals surface area (Å²) in [5, 5.41) is 6.65. The zero-order valence-electron chi connectivity index (χ0n) is 19.6. The normalized spacial score (nSPS) is 22.5. The van der Waals surface area contributed by atoms with E-state index in [1.165, 1.54) is 6.42 Å². The fourth-order valence-electron chi connectivity index (χ4n) is 4.35. The van der Waals surface area contributed by atoms with Gasteiger partial charge in [0.1, 0.15) is 10.6 Å². The molecule has 8 nitrogen and oxygen atoms in total. The predicted octanol–water partition coefficient (Wildman–Crippen LogP) is 4.42. The van der Waals surface area contributed by atoms with Crippen LogP contribution in [0.3, 0.4) is 0 Å². The van der Waals surface area contributed by atoms with Crippen LogP contribution >= 0.6 is 23.2 Å². The number of nitrogens with one attached hydrogen (secondary N) is 2. The number of rotatable bonds is 6. The number of carbonyl (C=O) groups is 1. The monoisotopic (exact) mass is 486 g/mol. The van der Waals surface area contributed by atoms with E-state index in [-0.39, 0.29) is 17.3 Å². The van der Waals surface area contributed by atoms with Crippen LogP contribution < -0.4 is 15.5 Å². The molecule has 0 unspecified atom stereocenters. The lowest BCUT2D eigenvalue weighted by Gasteiger charge is -2.37. The number of piperazine rings is 1. The van der Waals surface area contributed by atoms with E-state index >= 15 is 0 Å². The average molecular weight is 487 g/mol. The van der Waals surface area contributed by atoms with Gasteiger partial charge in [-0.05, 0) is 65.3 Å².